The third-order valence-corrected chi connectivity index (χ3v) is 4.36. The molecular formula is C18H25ClN4O2. The lowest BCUT2D eigenvalue weighted by molar-refractivity contribution is -0.124. The van der Waals surface area contributed by atoms with Gasteiger partial charge in [0.05, 0.1) is 18.7 Å². The highest BCUT2D eigenvalue weighted by Crippen LogP contribution is 2.27. The lowest BCUT2D eigenvalue weighted by atomic mass is 9.90. The van der Waals surface area contributed by atoms with Gasteiger partial charge in [0, 0.05) is 32.3 Å². The molecule has 0 saturated carbocycles. The van der Waals surface area contributed by atoms with E-state index >= 15 is 0 Å². The normalized spacial score (nSPS) is 19.3. The third-order valence-electron chi connectivity index (χ3n) is 4.36. The van der Waals surface area contributed by atoms with Crippen LogP contribution in [0.25, 0.3) is 0 Å². The summed E-state index contributed by atoms with van der Waals surface area (Å²) in [5, 5.41) is 10.5. The number of hydrogen-bond acceptors (Lipinski definition) is 4. The molecule has 6 nitrogen and oxygen atoms in total. The molecule has 0 aliphatic carbocycles. The average molecular weight is 365 g/mol. The number of aryl methyl sites for hydroxylation is 2. The molecule has 2 N–H and O–H groups in total. The molecule has 1 aliphatic rings. The first-order chi connectivity index (χ1) is 11.6. The van der Waals surface area contributed by atoms with E-state index in [1.165, 1.54) is 0 Å². The van der Waals surface area contributed by atoms with E-state index in [0.29, 0.717) is 19.7 Å². The topological polar surface area (TPSA) is 68.2 Å². The fourth-order valence-corrected chi connectivity index (χ4v) is 3.12. The summed E-state index contributed by atoms with van der Waals surface area (Å²) in [7, 11) is 1.89. The summed E-state index contributed by atoms with van der Waals surface area (Å²) in [4.78, 5) is 12.5. The van der Waals surface area contributed by atoms with E-state index in [4.69, 9.17) is 4.74 Å². The summed E-state index contributed by atoms with van der Waals surface area (Å²) in [6.45, 7) is 4.50. The van der Waals surface area contributed by atoms with E-state index in [1.54, 1.807) is 4.68 Å². The predicted molar refractivity (Wildman–Crippen MR) is 99.2 cm³/mol. The Balaban J connectivity index is 0.00000225. The van der Waals surface area contributed by atoms with Gasteiger partial charge < -0.3 is 15.4 Å². The van der Waals surface area contributed by atoms with Gasteiger partial charge in [-0.05, 0) is 30.2 Å². The zero-order valence-electron chi connectivity index (χ0n) is 14.6. The molecule has 0 spiro atoms. The van der Waals surface area contributed by atoms with Crippen LogP contribution in [0.1, 0.15) is 17.0 Å². The first-order valence-electron chi connectivity index (χ1n) is 8.30. The first-order valence-corrected chi connectivity index (χ1v) is 8.30. The molecule has 0 bridgehead atoms. The summed E-state index contributed by atoms with van der Waals surface area (Å²) < 4.78 is 7.45. The van der Waals surface area contributed by atoms with Crippen LogP contribution in [-0.2, 0) is 11.8 Å². The van der Waals surface area contributed by atoms with Crippen molar-refractivity contribution in [2.75, 3.05) is 26.2 Å². The van der Waals surface area contributed by atoms with Gasteiger partial charge in [0.25, 0.3) is 0 Å². The molecule has 1 aromatic heterocycles. The molecule has 1 saturated heterocycles. The molecule has 1 aromatic carbocycles. The average Bonchev–Trinajstić information content (AvgIpc) is 3.20. The van der Waals surface area contributed by atoms with E-state index < -0.39 is 0 Å². The van der Waals surface area contributed by atoms with Gasteiger partial charge in [-0.2, -0.15) is 5.10 Å². The van der Waals surface area contributed by atoms with Gasteiger partial charge in [-0.15, -0.1) is 12.4 Å². The lowest BCUT2D eigenvalue weighted by Crippen LogP contribution is -2.36. The molecule has 25 heavy (non-hydrogen) atoms. The SMILES string of the molecule is Cc1cccc(OCCNC(=O)[C@H]2CNC[C@@H]2c2cnn(C)c2)c1.Cl. The van der Waals surface area contributed by atoms with Crippen LogP contribution >= 0.6 is 12.4 Å². The van der Waals surface area contributed by atoms with Gasteiger partial charge in [-0.1, -0.05) is 12.1 Å². The van der Waals surface area contributed by atoms with Crippen molar-refractivity contribution in [2.45, 2.75) is 12.8 Å². The Morgan fingerprint density at radius 2 is 2.28 bits per heavy atom. The summed E-state index contributed by atoms with van der Waals surface area (Å²) >= 11 is 0. The molecule has 0 radical (unpaired) electrons. The van der Waals surface area contributed by atoms with Crippen molar-refractivity contribution >= 4 is 18.3 Å². The van der Waals surface area contributed by atoms with E-state index in [0.717, 1.165) is 23.4 Å². The van der Waals surface area contributed by atoms with Crippen LogP contribution < -0.4 is 15.4 Å². The molecule has 7 heteroatoms. The van der Waals surface area contributed by atoms with Crippen LogP contribution in [0.3, 0.4) is 0 Å². The summed E-state index contributed by atoms with van der Waals surface area (Å²) in [5.41, 5.74) is 2.27. The zero-order chi connectivity index (χ0) is 16.9. The number of carbonyl (C=O) groups is 1. The number of nitrogens with zero attached hydrogens (tertiary/aromatic N) is 2. The number of halogens is 1. The molecule has 2 atom stereocenters. The van der Waals surface area contributed by atoms with Crippen LogP contribution in [0.5, 0.6) is 5.75 Å². The Kier molecular flexibility index (Phi) is 6.84. The third kappa shape index (κ3) is 4.96. The van der Waals surface area contributed by atoms with Crippen LogP contribution in [0.2, 0.25) is 0 Å². The number of carbonyl (C=O) groups excluding carboxylic acids is 1. The predicted octanol–water partition coefficient (Wildman–Crippen LogP) is 1.65. The molecule has 3 rings (SSSR count). The molecule has 2 aromatic rings. The Hall–Kier alpha value is -2.05. The van der Waals surface area contributed by atoms with Crippen molar-refractivity contribution in [1.29, 1.82) is 0 Å². The van der Waals surface area contributed by atoms with E-state index in [1.807, 2.05) is 50.6 Å². The van der Waals surface area contributed by atoms with E-state index in [9.17, 15) is 4.79 Å². The molecule has 136 valence electrons. The van der Waals surface area contributed by atoms with E-state index in [-0.39, 0.29) is 30.2 Å². The second kappa shape index (κ2) is 8.87. The van der Waals surface area contributed by atoms with Crippen molar-refractivity contribution in [1.82, 2.24) is 20.4 Å². The van der Waals surface area contributed by atoms with Crippen molar-refractivity contribution < 1.29 is 9.53 Å². The summed E-state index contributed by atoms with van der Waals surface area (Å²) in [5.74, 6) is 1.02. The van der Waals surface area contributed by atoms with Crippen LogP contribution in [-0.4, -0.2) is 41.9 Å². The Morgan fingerprint density at radius 3 is 3.00 bits per heavy atom. The number of nitrogens with one attached hydrogen (secondary N) is 2. The highest BCUT2D eigenvalue weighted by molar-refractivity contribution is 5.85. The number of hydrogen-bond donors (Lipinski definition) is 2. The minimum absolute atomic E-state index is 0. The van der Waals surface area contributed by atoms with E-state index in [2.05, 4.69) is 15.7 Å². The largest absolute Gasteiger partial charge is 0.492 e. The Labute approximate surface area is 154 Å². The van der Waals surface area contributed by atoms with Gasteiger partial charge in [0.15, 0.2) is 0 Å². The monoisotopic (exact) mass is 364 g/mol. The Bertz CT molecular complexity index is 704. The Morgan fingerprint density at radius 1 is 1.44 bits per heavy atom. The second-order valence-corrected chi connectivity index (χ2v) is 6.27. The molecule has 2 heterocycles. The van der Waals surface area contributed by atoms with Crippen molar-refractivity contribution in [3.8, 4) is 5.75 Å². The van der Waals surface area contributed by atoms with Crippen molar-refractivity contribution in [3.05, 3.63) is 47.8 Å². The van der Waals surface area contributed by atoms with Gasteiger partial charge in [-0.3, -0.25) is 9.48 Å². The number of aromatic nitrogens is 2. The van der Waals surface area contributed by atoms with Gasteiger partial charge in [0.1, 0.15) is 12.4 Å². The minimum atomic E-state index is -0.0619. The number of ether oxygens (including phenoxy) is 1. The lowest BCUT2D eigenvalue weighted by Gasteiger charge is -2.17. The van der Waals surface area contributed by atoms with Gasteiger partial charge in [-0.25, -0.2) is 0 Å². The quantitative estimate of drug-likeness (QED) is 0.765. The molecule has 1 amide bonds. The smallest absolute Gasteiger partial charge is 0.225 e. The van der Waals surface area contributed by atoms with Crippen LogP contribution in [0.15, 0.2) is 36.7 Å². The maximum Gasteiger partial charge on any atom is 0.225 e. The standard InChI is InChI=1S/C18H24N4O2.ClH/c1-13-4-3-5-15(8-13)24-7-6-20-18(23)17-11-19-10-16(17)14-9-21-22(2)12-14;/h3-5,8-9,12,16-17,19H,6-7,10-11H2,1-2H3,(H,20,23);1H/t16-,17+;/m1./s1. The van der Waals surface area contributed by atoms with Gasteiger partial charge >= 0.3 is 0 Å². The van der Waals surface area contributed by atoms with Crippen molar-refractivity contribution in [3.63, 3.8) is 0 Å². The first kappa shape index (κ1) is 19.3. The highest BCUT2D eigenvalue weighted by Gasteiger charge is 2.34. The maximum atomic E-state index is 12.5. The molecule has 0 unspecified atom stereocenters. The number of amides is 1. The highest BCUT2D eigenvalue weighted by atomic mass is 35.5. The van der Waals surface area contributed by atoms with Crippen molar-refractivity contribution in [2.24, 2.45) is 13.0 Å². The van der Waals surface area contributed by atoms with Gasteiger partial charge in [0.2, 0.25) is 5.91 Å². The molecular weight excluding hydrogens is 340 g/mol. The fourth-order valence-electron chi connectivity index (χ4n) is 3.12. The zero-order valence-corrected chi connectivity index (χ0v) is 15.4. The number of benzene rings is 1. The van der Waals surface area contributed by atoms with Crippen LogP contribution in [0, 0.1) is 12.8 Å². The second-order valence-electron chi connectivity index (χ2n) is 6.27. The summed E-state index contributed by atoms with van der Waals surface area (Å²) in [6, 6.07) is 7.90. The molecule has 1 fully saturated rings. The minimum Gasteiger partial charge on any atom is -0.492 e. The maximum absolute atomic E-state index is 12.5. The number of rotatable bonds is 6. The van der Waals surface area contributed by atoms with Crippen LogP contribution in [0.4, 0.5) is 0 Å². The summed E-state index contributed by atoms with van der Waals surface area (Å²) in [6.07, 6.45) is 3.83. The molecule has 1 aliphatic heterocycles. The fraction of sp³-hybridized carbons (Fsp3) is 0.444.